The predicted octanol–water partition coefficient (Wildman–Crippen LogP) is -0.352. The maximum Gasteiger partial charge on any atom is 0.243 e. The summed E-state index contributed by atoms with van der Waals surface area (Å²) in [5, 5.41) is 12.7. The summed E-state index contributed by atoms with van der Waals surface area (Å²) < 4.78 is 31.2. The highest BCUT2D eigenvalue weighted by atomic mass is 32.2. The zero-order chi connectivity index (χ0) is 14.0. The second-order valence-electron chi connectivity index (χ2n) is 4.49. The Balaban J connectivity index is 2.30. The summed E-state index contributed by atoms with van der Waals surface area (Å²) in [5.41, 5.74) is 0. The summed E-state index contributed by atoms with van der Waals surface area (Å²) in [4.78, 5) is 0.161. The molecule has 1 aliphatic rings. The zero-order valence-corrected chi connectivity index (χ0v) is 11.7. The van der Waals surface area contributed by atoms with Crippen LogP contribution in [0.15, 0.2) is 29.2 Å². The average Bonchev–Trinajstić information content (AvgIpc) is 2.84. The van der Waals surface area contributed by atoms with Gasteiger partial charge in [-0.3, -0.25) is 0 Å². The number of aliphatic hydroxyl groups is 1. The molecule has 0 amide bonds. The zero-order valence-electron chi connectivity index (χ0n) is 10.9. The number of benzene rings is 1. The minimum Gasteiger partial charge on any atom is -0.497 e. The molecular weight excluding hydrogens is 268 g/mol. The van der Waals surface area contributed by atoms with Crippen LogP contribution in [0.4, 0.5) is 0 Å². The first-order valence-electron chi connectivity index (χ1n) is 5.97. The van der Waals surface area contributed by atoms with Crippen molar-refractivity contribution in [2.75, 3.05) is 27.2 Å². The monoisotopic (exact) mass is 286 g/mol. The van der Waals surface area contributed by atoms with Crippen LogP contribution in [0.5, 0.6) is 5.75 Å². The van der Waals surface area contributed by atoms with E-state index in [0.29, 0.717) is 18.8 Å². The minimum atomic E-state index is -3.63. The Kier molecular flexibility index (Phi) is 4.10. The van der Waals surface area contributed by atoms with Gasteiger partial charge in [0.05, 0.1) is 24.2 Å². The van der Waals surface area contributed by atoms with E-state index < -0.39 is 22.2 Å². The van der Waals surface area contributed by atoms with Crippen molar-refractivity contribution in [2.24, 2.45) is 0 Å². The topological polar surface area (TPSA) is 78.9 Å². The molecule has 1 aromatic rings. The highest BCUT2D eigenvalue weighted by molar-refractivity contribution is 7.89. The molecule has 0 aromatic heterocycles. The number of rotatable bonds is 4. The summed E-state index contributed by atoms with van der Waals surface area (Å²) in [5.74, 6) is 0.486. The quantitative estimate of drug-likeness (QED) is 0.791. The molecule has 106 valence electrons. The fourth-order valence-electron chi connectivity index (χ4n) is 2.13. The molecule has 0 aliphatic carbocycles. The lowest BCUT2D eigenvalue weighted by molar-refractivity contribution is 0.136. The number of ether oxygens (including phenoxy) is 1. The van der Waals surface area contributed by atoms with Crippen molar-refractivity contribution in [3.05, 3.63) is 24.3 Å². The Hall–Kier alpha value is -1.15. The molecule has 0 radical (unpaired) electrons. The van der Waals surface area contributed by atoms with E-state index in [0.717, 1.165) is 0 Å². The van der Waals surface area contributed by atoms with Crippen LogP contribution in [0.25, 0.3) is 0 Å². The third kappa shape index (κ3) is 2.74. The number of hydrogen-bond donors (Lipinski definition) is 2. The van der Waals surface area contributed by atoms with Crippen LogP contribution in [0.3, 0.4) is 0 Å². The Morgan fingerprint density at radius 3 is 2.74 bits per heavy atom. The molecule has 6 nitrogen and oxygen atoms in total. The number of hydrogen-bond acceptors (Lipinski definition) is 5. The van der Waals surface area contributed by atoms with Gasteiger partial charge in [-0.15, -0.1) is 0 Å². The van der Waals surface area contributed by atoms with Crippen LogP contribution in [-0.4, -0.2) is 57.2 Å². The van der Waals surface area contributed by atoms with Crippen molar-refractivity contribution >= 4 is 10.0 Å². The number of nitrogens with one attached hydrogen (secondary N) is 1. The number of sulfonamides is 1. The molecule has 0 saturated carbocycles. The molecule has 1 aliphatic heterocycles. The molecule has 2 rings (SSSR count). The first kappa shape index (κ1) is 14.3. The molecule has 7 heteroatoms. The van der Waals surface area contributed by atoms with E-state index in [-0.39, 0.29) is 4.90 Å². The fourth-order valence-corrected chi connectivity index (χ4v) is 3.55. The Morgan fingerprint density at radius 2 is 2.16 bits per heavy atom. The van der Waals surface area contributed by atoms with Gasteiger partial charge in [0.2, 0.25) is 10.0 Å². The number of methoxy groups -OCH3 is 1. The van der Waals surface area contributed by atoms with Crippen LogP contribution in [0, 0.1) is 0 Å². The van der Waals surface area contributed by atoms with Gasteiger partial charge < -0.3 is 15.2 Å². The average molecular weight is 286 g/mol. The first-order chi connectivity index (χ1) is 8.96. The minimum absolute atomic E-state index is 0.161. The summed E-state index contributed by atoms with van der Waals surface area (Å²) in [6.07, 6.45) is -0.689. The van der Waals surface area contributed by atoms with Gasteiger partial charge in [0.25, 0.3) is 0 Å². The van der Waals surface area contributed by atoms with Crippen LogP contribution >= 0.6 is 0 Å². The standard InChI is InChI=1S/C12H18N2O4S/c1-14(11-7-13-8-12(11)15)19(16,17)10-5-3-4-9(6-10)18-2/h3-6,11-13,15H,7-8H2,1-2H3/t11-,12-/m0/s1. The van der Waals surface area contributed by atoms with Crippen LogP contribution in [-0.2, 0) is 10.0 Å². The van der Waals surface area contributed by atoms with Gasteiger partial charge in [-0.25, -0.2) is 8.42 Å². The van der Waals surface area contributed by atoms with Crippen molar-refractivity contribution in [3.63, 3.8) is 0 Å². The van der Waals surface area contributed by atoms with Crippen LogP contribution in [0.2, 0.25) is 0 Å². The van der Waals surface area contributed by atoms with Crippen molar-refractivity contribution in [1.29, 1.82) is 0 Å². The largest absolute Gasteiger partial charge is 0.497 e. The number of nitrogens with zero attached hydrogens (tertiary/aromatic N) is 1. The summed E-state index contributed by atoms with van der Waals surface area (Å²) in [6, 6.07) is 5.86. The highest BCUT2D eigenvalue weighted by Gasteiger charge is 2.35. The second kappa shape index (κ2) is 5.46. The van der Waals surface area contributed by atoms with E-state index in [4.69, 9.17) is 4.74 Å². The van der Waals surface area contributed by atoms with Crippen molar-refractivity contribution in [1.82, 2.24) is 9.62 Å². The van der Waals surface area contributed by atoms with E-state index in [1.807, 2.05) is 0 Å². The van der Waals surface area contributed by atoms with Crippen molar-refractivity contribution in [3.8, 4) is 5.75 Å². The molecule has 1 fully saturated rings. The number of β-amino-alcohol motifs (C(OH)–C–C–N with tert-alkyl or cyclic N) is 1. The first-order valence-corrected chi connectivity index (χ1v) is 7.41. The van der Waals surface area contributed by atoms with E-state index in [2.05, 4.69) is 5.32 Å². The number of likely N-dealkylation sites (N-methyl/N-ethyl adjacent to an activating group) is 1. The fraction of sp³-hybridized carbons (Fsp3) is 0.500. The Labute approximate surface area is 113 Å². The van der Waals surface area contributed by atoms with Crippen LogP contribution < -0.4 is 10.1 Å². The Morgan fingerprint density at radius 1 is 1.42 bits per heavy atom. The molecule has 0 bridgehead atoms. The molecule has 1 saturated heterocycles. The molecule has 1 aromatic carbocycles. The highest BCUT2D eigenvalue weighted by Crippen LogP contribution is 2.22. The van der Waals surface area contributed by atoms with Crippen molar-refractivity contribution < 1.29 is 18.3 Å². The molecule has 0 unspecified atom stereocenters. The summed E-state index contributed by atoms with van der Waals surface area (Å²) >= 11 is 0. The van der Waals surface area contributed by atoms with E-state index in [1.54, 1.807) is 12.1 Å². The van der Waals surface area contributed by atoms with Gasteiger partial charge in [0.15, 0.2) is 0 Å². The van der Waals surface area contributed by atoms with Gasteiger partial charge in [0.1, 0.15) is 5.75 Å². The normalized spacial score (nSPS) is 23.8. The second-order valence-corrected chi connectivity index (χ2v) is 6.49. The molecule has 19 heavy (non-hydrogen) atoms. The summed E-state index contributed by atoms with van der Waals surface area (Å²) in [7, 11) is -0.667. The maximum absolute atomic E-state index is 12.5. The van der Waals surface area contributed by atoms with E-state index in [1.165, 1.54) is 30.6 Å². The third-order valence-electron chi connectivity index (χ3n) is 3.34. The molecular formula is C12H18N2O4S. The third-order valence-corrected chi connectivity index (χ3v) is 5.22. The van der Waals surface area contributed by atoms with E-state index >= 15 is 0 Å². The number of aliphatic hydroxyl groups excluding tert-OH is 1. The lowest BCUT2D eigenvalue weighted by atomic mass is 10.2. The van der Waals surface area contributed by atoms with Gasteiger partial charge >= 0.3 is 0 Å². The van der Waals surface area contributed by atoms with Gasteiger partial charge in [0, 0.05) is 26.2 Å². The van der Waals surface area contributed by atoms with Gasteiger partial charge in [-0.1, -0.05) is 6.07 Å². The van der Waals surface area contributed by atoms with Crippen molar-refractivity contribution in [2.45, 2.75) is 17.0 Å². The summed E-state index contributed by atoms with van der Waals surface area (Å²) in [6.45, 7) is 0.851. The lowest BCUT2D eigenvalue weighted by Crippen LogP contribution is -2.44. The van der Waals surface area contributed by atoms with Gasteiger partial charge in [-0.05, 0) is 12.1 Å². The predicted molar refractivity (Wildman–Crippen MR) is 70.6 cm³/mol. The lowest BCUT2D eigenvalue weighted by Gasteiger charge is -2.25. The molecule has 2 atom stereocenters. The Bertz CT molecular complexity index is 546. The molecule has 1 heterocycles. The van der Waals surface area contributed by atoms with E-state index in [9.17, 15) is 13.5 Å². The van der Waals surface area contributed by atoms with Gasteiger partial charge in [-0.2, -0.15) is 4.31 Å². The maximum atomic E-state index is 12.5. The van der Waals surface area contributed by atoms with Crippen LogP contribution in [0.1, 0.15) is 0 Å². The SMILES string of the molecule is COc1cccc(S(=O)(=O)N(C)[C@H]2CNC[C@@H]2O)c1. The smallest absolute Gasteiger partial charge is 0.243 e. The molecule has 0 spiro atoms. The molecule has 2 N–H and O–H groups in total.